The van der Waals surface area contributed by atoms with Gasteiger partial charge in [-0.2, -0.15) is 13.2 Å². The number of aliphatic imine (C=N–C) groups is 1. The number of nitrogens with zero attached hydrogens (tertiary/aromatic N) is 1. The van der Waals surface area contributed by atoms with Crippen molar-refractivity contribution in [3.8, 4) is 0 Å². The van der Waals surface area contributed by atoms with Crippen molar-refractivity contribution in [2.24, 2.45) is 10.7 Å². The molecule has 0 heterocycles. The summed E-state index contributed by atoms with van der Waals surface area (Å²) < 4.78 is 37.0. The first-order chi connectivity index (χ1) is 12.8. The predicted octanol–water partition coefficient (Wildman–Crippen LogP) is 5.13. The third kappa shape index (κ3) is 7.02. The number of anilines is 1. The second kappa shape index (κ2) is 9.50. The van der Waals surface area contributed by atoms with Crippen LogP contribution >= 0.6 is 11.8 Å². The van der Waals surface area contributed by atoms with Crippen LogP contribution in [0, 0.1) is 0 Å². The summed E-state index contributed by atoms with van der Waals surface area (Å²) in [5.41, 5.74) is 9.18. The molecule has 2 rings (SSSR count). The molecule has 0 saturated carbocycles. The van der Waals surface area contributed by atoms with Crippen molar-refractivity contribution >= 4 is 29.4 Å². The van der Waals surface area contributed by atoms with E-state index in [0.29, 0.717) is 18.8 Å². The SMILES string of the molecule is C=C(N)c1cc(SC)ccc1NC/C=N/Cc1ccc(CC(F)(F)F)cc1. The highest BCUT2D eigenvalue weighted by Gasteiger charge is 2.27. The molecule has 0 radical (unpaired) electrons. The Morgan fingerprint density at radius 3 is 2.44 bits per heavy atom. The van der Waals surface area contributed by atoms with Gasteiger partial charge in [-0.3, -0.25) is 4.99 Å². The molecule has 0 unspecified atom stereocenters. The molecule has 2 aromatic carbocycles. The summed E-state index contributed by atoms with van der Waals surface area (Å²) in [5, 5.41) is 3.24. The molecule has 0 bridgehead atoms. The van der Waals surface area contributed by atoms with E-state index >= 15 is 0 Å². The van der Waals surface area contributed by atoms with Gasteiger partial charge in [0.2, 0.25) is 0 Å². The average molecular weight is 393 g/mol. The van der Waals surface area contributed by atoms with Crippen LogP contribution in [0.4, 0.5) is 18.9 Å². The third-order valence-corrected chi connectivity index (χ3v) is 4.51. The van der Waals surface area contributed by atoms with Crippen molar-refractivity contribution in [3.63, 3.8) is 0 Å². The zero-order chi connectivity index (χ0) is 19.9. The van der Waals surface area contributed by atoms with E-state index in [1.165, 1.54) is 12.1 Å². The number of nitrogens with two attached hydrogens (primary N) is 1. The molecule has 3 N–H and O–H groups in total. The van der Waals surface area contributed by atoms with Gasteiger partial charge in [-0.1, -0.05) is 30.8 Å². The molecule has 0 saturated heterocycles. The van der Waals surface area contributed by atoms with E-state index in [4.69, 9.17) is 5.73 Å². The van der Waals surface area contributed by atoms with E-state index in [2.05, 4.69) is 16.9 Å². The molecular weight excluding hydrogens is 371 g/mol. The van der Waals surface area contributed by atoms with E-state index < -0.39 is 12.6 Å². The van der Waals surface area contributed by atoms with Gasteiger partial charge in [0.05, 0.1) is 13.0 Å². The van der Waals surface area contributed by atoms with Gasteiger partial charge in [-0.15, -0.1) is 11.8 Å². The van der Waals surface area contributed by atoms with Crippen LogP contribution in [-0.4, -0.2) is 25.2 Å². The maximum atomic E-state index is 12.3. The first-order valence-corrected chi connectivity index (χ1v) is 9.50. The molecule has 144 valence electrons. The lowest BCUT2D eigenvalue weighted by molar-refractivity contribution is -0.127. The Labute approximate surface area is 161 Å². The van der Waals surface area contributed by atoms with Crippen molar-refractivity contribution in [3.05, 3.63) is 65.7 Å². The summed E-state index contributed by atoms with van der Waals surface area (Å²) in [7, 11) is 0. The number of nitrogens with one attached hydrogen (secondary N) is 1. The normalized spacial score (nSPS) is 11.7. The highest BCUT2D eigenvalue weighted by atomic mass is 32.2. The third-order valence-electron chi connectivity index (χ3n) is 3.79. The fourth-order valence-corrected chi connectivity index (χ4v) is 2.89. The topological polar surface area (TPSA) is 50.4 Å². The lowest BCUT2D eigenvalue weighted by atomic mass is 10.1. The van der Waals surface area contributed by atoms with Crippen LogP contribution in [-0.2, 0) is 13.0 Å². The molecule has 27 heavy (non-hydrogen) atoms. The Hall–Kier alpha value is -2.41. The minimum Gasteiger partial charge on any atom is -0.399 e. The highest BCUT2D eigenvalue weighted by molar-refractivity contribution is 7.98. The zero-order valence-corrected chi connectivity index (χ0v) is 15.8. The standard InChI is InChI=1S/C20H22F3N3S/c1-14(24)18-11-17(27-2)7-8-19(18)26-10-9-25-13-16-5-3-15(4-6-16)12-20(21,22)23/h3-9,11,26H,1,10,12-13,24H2,2H3/b25-9+. The van der Waals surface area contributed by atoms with Crippen molar-refractivity contribution in [2.45, 2.75) is 24.0 Å². The van der Waals surface area contributed by atoms with Crippen LogP contribution in [0.5, 0.6) is 0 Å². The van der Waals surface area contributed by atoms with E-state index in [1.807, 2.05) is 24.5 Å². The van der Waals surface area contributed by atoms with Crippen LogP contribution in [0.1, 0.15) is 16.7 Å². The van der Waals surface area contributed by atoms with Crippen molar-refractivity contribution in [1.29, 1.82) is 0 Å². The lowest BCUT2D eigenvalue weighted by Gasteiger charge is -2.11. The number of hydrogen-bond acceptors (Lipinski definition) is 4. The van der Waals surface area contributed by atoms with Gasteiger partial charge in [0.1, 0.15) is 0 Å². The monoisotopic (exact) mass is 393 g/mol. The average Bonchev–Trinajstić information content (AvgIpc) is 2.61. The van der Waals surface area contributed by atoms with Gasteiger partial charge < -0.3 is 11.1 Å². The number of rotatable bonds is 8. The molecule has 0 fully saturated rings. The highest BCUT2D eigenvalue weighted by Crippen LogP contribution is 2.26. The fraction of sp³-hybridized carbons (Fsp3) is 0.250. The van der Waals surface area contributed by atoms with Gasteiger partial charge in [-0.05, 0) is 35.6 Å². The number of thioether (sulfide) groups is 1. The summed E-state index contributed by atoms with van der Waals surface area (Å²) in [6.07, 6.45) is -1.37. The van der Waals surface area contributed by atoms with Crippen LogP contribution in [0.25, 0.3) is 5.70 Å². The number of hydrogen-bond donors (Lipinski definition) is 2. The van der Waals surface area contributed by atoms with E-state index in [-0.39, 0.29) is 5.56 Å². The molecule has 0 aliphatic heterocycles. The minimum atomic E-state index is -4.19. The molecule has 0 aromatic heterocycles. The van der Waals surface area contributed by atoms with Gasteiger partial charge in [0, 0.05) is 34.6 Å². The molecule has 2 aromatic rings. The van der Waals surface area contributed by atoms with Crippen molar-refractivity contribution < 1.29 is 13.2 Å². The van der Waals surface area contributed by atoms with E-state index in [9.17, 15) is 13.2 Å². The van der Waals surface area contributed by atoms with Crippen LogP contribution < -0.4 is 11.1 Å². The second-order valence-corrected chi connectivity index (χ2v) is 6.83. The van der Waals surface area contributed by atoms with Crippen LogP contribution in [0.2, 0.25) is 0 Å². The van der Waals surface area contributed by atoms with Gasteiger partial charge in [0.15, 0.2) is 0 Å². The first-order valence-electron chi connectivity index (χ1n) is 8.28. The molecule has 0 spiro atoms. The Morgan fingerprint density at radius 1 is 1.19 bits per heavy atom. The van der Waals surface area contributed by atoms with E-state index in [1.54, 1.807) is 30.1 Å². The van der Waals surface area contributed by atoms with Gasteiger partial charge in [-0.25, -0.2) is 0 Å². The molecule has 0 atom stereocenters. The summed E-state index contributed by atoms with van der Waals surface area (Å²) in [5.74, 6) is 0. The maximum Gasteiger partial charge on any atom is 0.393 e. The molecular formula is C20H22F3N3S. The Balaban J connectivity index is 1.87. The lowest BCUT2D eigenvalue weighted by Crippen LogP contribution is -2.11. The van der Waals surface area contributed by atoms with Crippen LogP contribution in [0.15, 0.2) is 58.9 Å². The van der Waals surface area contributed by atoms with Gasteiger partial charge >= 0.3 is 6.18 Å². The summed E-state index contributed by atoms with van der Waals surface area (Å²) in [6, 6.07) is 12.2. The molecule has 7 heteroatoms. The maximum absolute atomic E-state index is 12.3. The smallest absolute Gasteiger partial charge is 0.393 e. The van der Waals surface area contributed by atoms with Crippen molar-refractivity contribution in [2.75, 3.05) is 18.1 Å². The number of alkyl halides is 3. The Morgan fingerprint density at radius 2 is 1.85 bits per heavy atom. The molecule has 0 aliphatic rings. The zero-order valence-electron chi connectivity index (χ0n) is 15.0. The van der Waals surface area contributed by atoms with Crippen LogP contribution in [0.3, 0.4) is 0 Å². The molecule has 0 amide bonds. The minimum absolute atomic E-state index is 0.250. The van der Waals surface area contributed by atoms with Crippen molar-refractivity contribution in [1.82, 2.24) is 0 Å². The largest absolute Gasteiger partial charge is 0.399 e. The number of halogens is 3. The second-order valence-electron chi connectivity index (χ2n) is 5.95. The molecule has 0 aliphatic carbocycles. The van der Waals surface area contributed by atoms with Gasteiger partial charge in [0.25, 0.3) is 0 Å². The predicted molar refractivity (Wildman–Crippen MR) is 108 cm³/mol. The quantitative estimate of drug-likeness (QED) is 0.483. The number of benzene rings is 2. The summed E-state index contributed by atoms with van der Waals surface area (Å²) >= 11 is 1.63. The Kier molecular flexibility index (Phi) is 7.36. The molecule has 3 nitrogen and oxygen atoms in total. The summed E-state index contributed by atoms with van der Waals surface area (Å²) in [4.78, 5) is 5.40. The summed E-state index contributed by atoms with van der Waals surface area (Å²) in [6.45, 7) is 4.72. The fourth-order valence-electron chi connectivity index (χ4n) is 2.45. The van der Waals surface area contributed by atoms with E-state index in [0.717, 1.165) is 21.7 Å². The first kappa shape index (κ1) is 20.9. The Bertz CT molecular complexity index is 799.